The molecule has 1 aliphatic rings. The molecule has 0 aliphatic carbocycles. The lowest BCUT2D eigenvalue weighted by Gasteiger charge is -2.30. The fraction of sp³-hybridized carbons (Fsp3) is 0.571. The van der Waals surface area contributed by atoms with E-state index in [1.54, 1.807) is 0 Å². The molecule has 0 fully saturated rings. The smallest absolute Gasteiger partial charge is 0.128 e. The molecule has 0 spiro atoms. The molecular formula is C14H21NO2. The molecular weight excluding hydrogens is 214 g/mol. The summed E-state index contributed by atoms with van der Waals surface area (Å²) in [4.78, 5) is 0. The molecule has 1 aromatic carbocycles. The highest BCUT2D eigenvalue weighted by atomic mass is 16.5. The van der Waals surface area contributed by atoms with Crippen LogP contribution in [-0.4, -0.2) is 24.5 Å². The Morgan fingerprint density at radius 2 is 2.18 bits per heavy atom. The standard InChI is InChI=1S/C14H21NO2/c1-14(2,9-16)10-17-13-8-7-11-5-3-4-6-12(11)15-13/h3-6,13,15-16H,7-10H2,1-2H3. The molecule has 3 nitrogen and oxygen atoms in total. The number of para-hydroxylation sites is 1. The number of anilines is 1. The molecule has 0 aromatic heterocycles. The van der Waals surface area contributed by atoms with Gasteiger partial charge in [0.25, 0.3) is 0 Å². The molecule has 1 atom stereocenters. The molecule has 1 heterocycles. The summed E-state index contributed by atoms with van der Waals surface area (Å²) in [6.07, 6.45) is 2.10. The molecule has 0 saturated carbocycles. The number of hydrogen-bond donors (Lipinski definition) is 2. The maximum absolute atomic E-state index is 9.18. The summed E-state index contributed by atoms with van der Waals surface area (Å²) in [5, 5.41) is 12.6. The van der Waals surface area contributed by atoms with E-state index in [2.05, 4.69) is 23.5 Å². The first-order chi connectivity index (χ1) is 8.11. The van der Waals surface area contributed by atoms with Gasteiger partial charge in [-0.05, 0) is 24.5 Å². The van der Waals surface area contributed by atoms with Crippen LogP contribution in [0.15, 0.2) is 24.3 Å². The molecule has 0 bridgehead atoms. The van der Waals surface area contributed by atoms with Gasteiger partial charge in [0.05, 0.1) is 13.2 Å². The zero-order chi connectivity index (χ0) is 12.3. The Balaban J connectivity index is 1.90. The second-order valence-electron chi connectivity index (χ2n) is 5.46. The van der Waals surface area contributed by atoms with Gasteiger partial charge >= 0.3 is 0 Å². The minimum atomic E-state index is -0.168. The molecule has 0 radical (unpaired) electrons. The molecule has 3 heteroatoms. The highest BCUT2D eigenvalue weighted by Gasteiger charge is 2.22. The second-order valence-corrected chi connectivity index (χ2v) is 5.46. The average Bonchev–Trinajstić information content (AvgIpc) is 2.36. The van der Waals surface area contributed by atoms with E-state index in [4.69, 9.17) is 4.74 Å². The zero-order valence-corrected chi connectivity index (χ0v) is 10.6. The summed E-state index contributed by atoms with van der Waals surface area (Å²) >= 11 is 0. The van der Waals surface area contributed by atoms with E-state index in [1.165, 1.54) is 11.3 Å². The average molecular weight is 235 g/mol. The Kier molecular flexibility index (Phi) is 3.69. The number of nitrogens with one attached hydrogen (secondary N) is 1. The molecule has 0 amide bonds. The summed E-state index contributed by atoms with van der Waals surface area (Å²) in [5.74, 6) is 0. The lowest BCUT2D eigenvalue weighted by molar-refractivity contribution is -0.0101. The van der Waals surface area contributed by atoms with Gasteiger partial charge in [-0.1, -0.05) is 32.0 Å². The van der Waals surface area contributed by atoms with Crippen LogP contribution in [0.5, 0.6) is 0 Å². The third-order valence-electron chi connectivity index (χ3n) is 3.11. The number of hydrogen-bond acceptors (Lipinski definition) is 3. The fourth-order valence-electron chi connectivity index (χ4n) is 1.91. The van der Waals surface area contributed by atoms with Crippen LogP contribution in [0.2, 0.25) is 0 Å². The van der Waals surface area contributed by atoms with Crippen molar-refractivity contribution >= 4 is 5.69 Å². The van der Waals surface area contributed by atoms with E-state index in [0.717, 1.165) is 12.8 Å². The van der Waals surface area contributed by atoms with Crippen molar-refractivity contribution in [3.63, 3.8) is 0 Å². The molecule has 1 aromatic rings. The van der Waals surface area contributed by atoms with Crippen LogP contribution in [0.4, 0.5) is 5.69 Å². The minimum absolute atomic E-state index is 0.0655. The quantitative estimate of drug-likeness (QED) is 0.842. The molecule has 2 rings (SSSR count). The monoisotopic (exact) mass is 235 g/mol. The third-order valence-corrected chi connectivity index (χ3v) is 3.11. The first-order valence-corrected chi connectivity index (χ1v) is 6.18. The van der Waals surface area contributed by atoms with Crippen molar-refractivity contribution in [3.8, 4) is 0 Å². The lowest BCUT2D eigenvalue weighted by Crippen LogP contribution is -2.33. The maximum Gasteiger partial charge on any atom is 0.128 e. The number of aryl methyl sites for hydroxylation is 1. The minimum Gasteiger partial charge on any atom is -0.396 e. The first kappa shape index (κ1) is 12.4. The molecule has 94 valence electrons. The van der Waals surface area contributed by atoms with Gasteiger partial charge in [0.1, 0.15) is 6.23 Å². The van der Waals surface area contributed by atoms with Crippen LogP contribution in [0.25, 0.3) is 0 Å². The van der Waals surface area contributed by atoms with Crippen molar-refractivity contribution in [2.45, 2.75) is 32.9 Å². The summed E-state index contributed by atoms with van der Waals surface area (Å²) in [7, 11) is 0. The Morgan fingerprint density at radius 1 is 1.41 bits per heavy atom. The van der Waals surface area contributed by atoms with Crippen molar-refractivity contribution < 1.29 is 9.84 Å². The second kappa shape index (κ2) is 5.07. The van der Waals surface area contributed by atoms with Gasteiger partial charge in [-0.3, -0.25) is 0 Å². The number of aliphatic hydroxyl groups is 1. The summed E-state index contributed by atoms with van der Waals surface area (Å²) in [5.41, 5.74) is 2.36. The highest BCUT2D eigenvalue weighted by Crippen LogP contribution is 2.25. The lowest BCUT2D eigenvalue weighted by atomic mass is 9.96. The van der Waals surface area contributed by atoms with Crippen molar-refractivity contribution in [1.82, 2.24) is 0 Å². The fourth-order valence-corrected chi connectivity index (χ4v) is 1.91. The van der Waals surface area contributed by atoms with Crippen molar-refractivity contribution in [2.24, 2.45) is 5.41 Å². The third kappa shape index (κ3) is 3.20. The van der Waals surface area contributed by atoms with Crippen molar-refractivity contribution in [1.29, 1.82) is 0 Å². The van der Waals surface area contributed by atoms with Gasteiger partial charge in [0.2, 0.25) is 0 Å². The van der Waals surface area contributed by atoms with Crippen LogP contribution in [0.1, 0.15) is 25.8 Å². The first-order valence-electron chi connectivity index (χ1n) is 6.18. The number of benzene rings is 1. The summed E-state index contributed by atoms with van der Waals surface area (Å²) in [6, 6.07) is 8.33. The van der Waals surface area contributed by atoms with Gasteiger partial charge in [0, 0.05) is 11.1 Å². The number of aliphatic hydroxyl groups excluding tert-OH is 1. The van der Waals surface area contributed by atoms with Gasteiger partial charge in [-0.15, -0.1) is 0 Å². The van der Waals surface area contributed by atoms with E-state index in [0.29, 0.717) is 6.61 Å². The number of fused-ring (bicyclic) bond motifs is 1. The van der Waals surface area contributed by atoms with Crippen LogP contribution in [0.3, 0.4) is 0 Å². The number of rotatable bonds is 4. The summed E-state index contributed by atoms with van der Waals surface area (Å²) < 4.78 is 5.82. The Hall–Kier alpha value is -1.06. The predicted octanol–water partition coefficient (Wildman–Crippen LogP) is 2.41. The topological polar surface area (TPSA) is 41.5 Å². The Bertz CT molecular complexity index is 376. The summed E-state index contributed by atoms with van der Waals surface area (Å²) in [6.45, 7) is 4.73. The molecule has 2 N–H and O–H groups in total. The predicted molar refractivity (Wildman–Crippen MR) is 69.0 cm³/mol. The van der Waals surface area contributed by atoms with Gasteiger partial charge in [-0.25, -0.2) is 0 Å². The SMILES string of the molecule is CC(C)(CO)COC1CCc2ccccc2N1. The van der Waals surface area contributed by atoms with E-state index in [9.17, 15) is 5.11 Å². The largest absolute Gasteiger partial charge is 0.396 e. The highest BCUT2D eigenvalue weighted by molar-refractivity contribution is 5.53. The van der Waals surface area contributed by atoms with Crippen LogP contribution in [-0.2, 0) is 11.2 Å². The Morgan fingerprint density at radius 3 is 2.94 bits per heavy atom. The molecule has 1 aliphatic heterocycles. The van der Waals surface area contributed by atoms with E-state index in [-0.39, 0.29) is 18.2 Å². The van der Waals surface area contributed by atoms with Crippen molar-refractivity contribution in [2.75, 3.05) is 18.5 Å². The molecule has 17 heavy (non-hydrogen) atoms. The van der Waals surface area contributed by atoms with E-state index >= 15 is 0 Å². The van der Waals surface area contributed by atoms with Crippen LogP contribution in [0, 0.1) is 5.41 Å². The normalized spacial score (nSPS) is 19.6. The molecule has 0 saturated heterocycles. The van der Waals surface area contributed by atoms with Gasteiger partial charge < -0.3 is 15.2 Å². The van der Waals surface area contributed by atoms with Crippen LogP contribution < -0.4 is 5.32 Å². The van der Waals surface area contributed by atoms with Crippen molar-refractivity contribution in [3.05, 3.63) is 29.8 Å². The van der Waals surface area contributed by atoms with Gasteiger partial charge in [0.15, 0.2) is 0 Å². The zero-order valence-electron chi connectivity index (χ0n) is 10.6. The number of ether oxygens (including phenoxy) is 1. The van der Waals surface area contributed by atoms with Gasteiger partial charge in [-0.2, -0.15) is 0 Å². The van der Waals surface area contributed by atoms with E-state index < -0.39 is 0 Å². The maximum atomic E-state index is 9.18. The molecule has 1 unspecified atom stereocenters. The van der Waals surface area contributed by atoms with E-state index in [1.807, 2.05) is 19.9 Å². The Labute approximate surface area is 103 Å². The van der Waals surface area contributed by atoms with Crippen LogP contribution >= 0.6 is 0 Å².